The summed E-state index contributed by atoms with van der Waals surface area (Å²) in [6.07, 6.45) is 9.26. The zero-order chi connectivity index (χ0) is 21.8. The van der Waals surface area contributed by atoms with Gasteiger partial charge in [0.1, 0.15) is 5.82 Å². The van der Waals surface area contributed by atoms with E-state index in [0.29, 0.717) is 11.1 Å². The Balaban J connectivity index is 1.52. The van der Waals surface area contributed by atoms with Crippen LogP contribution < -0.4 is 10.6 Å². The first-order valence-corrected chi connectivity index (χ1v) is 12.2. The normalized spacial score (nSPS) is 18.3. The molecule has 0 bridgehead atoms. The lowest BCUT2D eigenvalue weighted by Gasteiger charge is -2.19. The zero-order valence-corrected chi connectivity index (χ0v) is 19.1. The smallest absolute Gasteiger partial charge is 0.233 e. The topological polar surface area (TPSA) is 88.9 Å². The maximum absolute atomic E-state index is 12.9. The standard InChI is InChI=1S/C23H31N5O2S/c1-15(22(30)25-18-8-5-3-4-6-9-18)31-23-27-26-21(17-12-13-17)28(23)20-11-7-10-19(14-20)24-16(2)29/h7,10-11,14-15,17-18H,3-6,8-9,12-13H2,1-2H3,(H,24,29)(H,25,30). The number of carbonyl (C=O) groups excluding carboxylic acids is 2. The van der Waals surface area contributed by atoms with Gasteiger partial charge in [0.05, 0.1) is 10.9 Å². The molecule has 1 unspecified atom stereocenters. The number of nitrogens with one attached hydrogen (secondary N) is 2. The Morgan fingerprint density at radius 1 is 1.10 bits per heavy atom. The molecule has 1 aromatic heterocycles. The fourth-order valence-electron chi connectivity index (χ4n) is 4.09. The molecule has 2 fully saturated rings. The lowest BCUT2D eigenvalue weighted by molar-refractivity contribution is -0.121. The SMILES string of the molecule is CC(=O)Nc1cccc(-n2c(SC(C)C(=O)NC3CCCCCC3)nnc2C2CC2)c1. The highest BCUT2D eigenvalue weighted by Gasteiger charge is 2.32. The van der Waals surface area contributed by atoms with Gasteiger partial charge in [-0.3, -0.25) is 14.2 Å². The second kappa shape index (κ2) is 9.85. The molecule has 7 nitrogen and oxygen atoms in total. The third kappa shape index (κ3) is 5.67. The van der Waals surface area contributed by atoms with Crippen LogP contribution in [0.4, 0.5) is 5.69 Å². The van der Waals surface area contributed by atoms with Crippen LogP contribution >= 0.6 is 11.8 Å². The van der Waals surface area contributed by atoms with Gasteiger partial charge in [-0.15, -0.1) is 10.2 Å². The molecule has 1 heterocycles. The van der Waals surface area contributed by atoms with Gasteiger partial charge in [0.2, 0.25) is 11.8 Å². The average Bonchev–Trinajstić information content (AvgIpc) is 3.53. The molecule has 4 rings (SSSR count). The van der Waals surface area contributed by atoms with Crippen molar-refractivity contribution in [3.05, 3.63) is 30.1 Å². The number of carbonyl (C=O) groups is 2. The van der Waals surface area contributed by atoms with Gasteiger partial charge < -0.3 is 10.6 Å². The third-order valence-electron chi connectivity index (χ3n) is 5.88. The molecular formula is C23H31N5O2S. The van der Waals surface area contributed by atoms with E-state index >= 15 is 0 Å². The molecule has 8 heteroatoms. The summed E-state index contributed by atoms with van der Waals surface area (Å²) in [7, 11) is 0. The number of amides is 2. The Labute approximate surface area is 187 Å². The molecule has 2 amide bonds. The van der Waals surface area contributed by atoms with Crippen molar-refractivity contribution in [2.45, 2.75) is 87.6 Å². The second-order valence-electron chi connectivity index (χ2n) is 8.64. The Kier molecular flexibility index (Phi) is 6.95. The van der Waals surface area contributed by atoms with Crippen molar-refractivity contribution in [1.29, 1.82) is 0 Å². The zero-order valence-electron chi connectivity index (χ0n) is 18.3. The van der Waals surface area contributed by atoms with Gasteiger partial charge in [-0.2, -0.15) is 0 Å². The highest BCUT2D eigenvalue weighted by molar-refractivity contribution is 8.00. The van der Waals surface area contributed by atoms with Gasteiger partial charge in [0, 0.05) is 24.6 Å². The van der Waals surface area contributed by atoms with Crippen LogP contribution in [-0.2, 0) is 9.59 Å². The third-order valence-corrected chi connectivity index (χ3v) is 6.92. The van der Waals surface area contributed by atoms with Gasteiger partial charge >= 0.3 is 0 Å². The molecule has 1 atom stereocenters. The summed E-state index contributed by atoms with van der Waals surface area (Å²) in [5, 5.41) is 15.4. The quantitative estimate of drug-likeness (QED) is 0.490. The van der Waals surface area contributed by atoms with Crippen LogP contribution in [0, 0.1) is 0 Å². The van der Waals surface area contributed by atoms with E-state index in [4.69, 9.17) is 0 Å². The van der Waals surface area contributed by atoms with Gasteiger partial charge in [0.15, 0.2) is 5.16 Å². The van der Waals surface area contributed by atoms with E-state index in [1.807, 2.05) is 35.8 Å². The summed E-state index contributed by atoms with van der Waals surface area (Å²) in [6.45, 7) is 3.43. The van der Waals surface area contributed by atoms with E-state index < -0.39 is 0 Å². The predicted octanol–water partition coefficient (Wildman–Crippen LogP) is 4.42. The first-order chi connectivity index (χ1) is 15.0. The van der Waals surface area contributed by atoms with Crippen molar-refractivity contribution < 1.29 is 9.59 Å². The molecule has 31 heavy (non-hydrogen) atoms. The number of thioether (sulfide) groups is 1. The van der Waals surface area contributed by atoms with E-state index in [1.165, 1.54) is 44.4 Å². The van der Waals surface area contributed by atoms with Crippen LogP contribution in [0.3, 0.4) is 0 Å². The van der Waals surface area contributed by atoms with Crippen molar-refractivity contribution in [1.82, 2.24) is 20.1 Å². The second-order valence-corrected chi connectivity index (χ2v) is 9.95. The number of hydrogen-bond donors (Lipinski definition) is 2. The van der Waals surface area contributed by atoms with Gasteiger partial charge in [-0.25, -0.2) is 0 Å². The maximum Gasteiger partial charge on any atom is 0.233 e. The number of benzene rings is 1. The number of nitrogens with zero attached hydrogens (tertiary/aromatic N) is 3. The monoisotopic (exact) mass is 441 g/mol. The minimum absolute atomic E-state index is 0.0615. The van der Waals surface area contributed by atoms with Gasteiger partial charge in [-0.1, -0.05) is 43.5 Å². The lowest BCUT2D eigenvalue weighted by atomic mass is 10.1. The molecule has 2 aliphatic rings. The summed E-state index contributed by atoms with van der Waals surface area (Å²) in [5.41, 5.74) is 1.63. The molecule has 0 spiro atoms. The fraction of sp³-hybridized carbons (Fsp3) is 0.565. The molecule has 2 saturated carbocycles. The molecule has 0 saturated heterocycles. The molecule has 166 valence electrons. The van der Waals surface area contributed by atoms with Crippen LogP contribution in [0.1, 0.15) is 77.0 Å². The molecule has 2 aromatic rings. The highest BCUT2D eigenvalue weighted by atomic mass is 32.2. The van der Waals surface area contributed by atoms with Crippen LogP contribution in [0.25, 0.3) is 5.69 Å². The predicted molar refractivity (Wildman–Crippen MR) is 123 cm³/mol. The van der Waals surface area contributed by atoms with Crippen LogP contribution in [-0.4, -0.2) is 37.9 Å². The summed E-state index contributed by atoms with van der Waals surface area (Å²) in [5.74, 6) is 1.29. The van der Waals surface area contributed by atoms with Crippen LogP contribution in [0.2, 0.25) is 0 Å². The number of hydrogen-bond acceptors (Lipinski definition) is 5. The number of aromatic nitrogens is 3. The molecule has 2 aliphatic carbocycles. The lowest BCUT2D eigenvalue weighted by Crippen LogP contribution is -2.39. The fourth-order valence-corrected chi connectivity index (χ4v) is 4.97. The minimum atomic E-state index is -0.267. The van der Waals surface area contributed by atoms with Crippen LogP contribution in [0.15, 0.2) is 29.4 Å². The Hall–Kier alpha value is -2.35. The van der Waals surface area contributed by atoms with Crippen molar-refractivity contribution >= 4 is 29.3 Å². The first-order valence-electron chi connectivity index (χ1n) is 11.3. The van der Waals surface area contributed by atoms with E-state index in [1.54, 1.807) is 0 Å². The minimum Gasteiger partial charge on any atom is -0.352 e. The molecule has 0 radical (unpaired) electrons. The van der Waals surface area contributed by atoms with E-state index in [0.717, 1.165) is 42.9 Å². The van der Waals surface area contributed by atoms with Crippen molar-refractivity contribution in [2.75, 3.05) is 5.32 Å². The van der Waals surface area contributed by atoms with E-state index in [2.05, 4.69) is 20.8 Å². The largest absolute Gasteiger partial charge is 0.352 e. The van der Waals surface area contributed by atoms with Crippen molar-refractivity contribution in [2.24, 2.45) is 0 Å². The van der Waals surface area contributed by atoms with Crippen molar-refractivity contribution in [3.63, 3.8) is 0 Å². The first kappa shape index (κ1) is 21.9. The van der Waals surface area contributed by atoms with E-state index in [-0.39, 0.29) is 23.1 Å². The highest BCUT2D eigenvalue weighted by Crippen LogP contribution is 2.41. The average molecular weight is 442 g/mol. The van der Waals surface area contributed by atoms with Crippen molar-refractivity contribution in [3.8, 4) is 5.69 Å². The number of rotatable bonds is 7. The summed E-state index contributed by atoms with van der Waals surface area (Å²) in [4.78, 5) is 24.3. The molecular weight excluding hydrogens is 410 g/mol. The van der Waals surface area contributed by atoms with Gasteiger partial charge in [0.25, 0.3) is 0 Å². The number of anilines is 1. The Bertz CT molecular complexity index is 932. The Morgan fingerprint density at radius 3 is 2.52 bits per heavy atom. The summed E-state index contributed by atoms with van der Waals surface area (Å²) < 4.78 is 2.04. The molecule has 1 aromatic carbocycles. The molecule has 2 N–H and O–H groups in total. The van der Waals surface area contributed by atoms with Gasteiger partial charge in [-0.05, 0) is 50.8 Å². The van der Waals surface area contributed by atoms with Crippen LogP contribution in [0.5, 0.6) is 0 Å². The Morgan fingerprint density at radius 2 is 1.84 bits per heavy atom. The maximum atomic E-state index is 12.9. The van der Waals surface area contributed by atoms with E-state index in [9.17, 15) is 9.59 Å². The summed E-state index contributed by atoms with van der Waals surface area (Å²) >= 11 is 1.44. The molecule has 0 aliphatic heterocycles. The summed E-state index contributed by atoms with van der Waals surface area (Å²) in [6, 6.07) is 7.97.